The lowest BCUT2D eigenvalue weighted by molar-refractivity contribution is -0.0427. The number of aliphatic hydroxyl groups is 1. The van der Waals surface area contributed by atoms with Gasteiger partial charge >= 0.3 is 0 Å². The Kier molecular flexibility index (Phi) is 5.87. The van der Waals surface area contributed by atoms with Crippen molar-refractivity contribution < 1.29 is 5.11 Å². The Labute approximate surface area is 96.3 Å². The van der Waals surface area contributed by atoms with E-state index in [0.29, 0.717) is 0 Å². The second-order valence-corrected chi connectivity index (χ2v) is 5.99. The molecule has 1 unspecified atom stereocenters. The van der Waals surface area contributed by atoms with Gasteiger partial charge in [-0.15, -0.1) is 0 Å². The molecule has 1 nitrogen and oxygen atoms in total. The van der Waals surface area contributed by atoms with Crippen molar-refractivity contribution in [3.8, 4) is 0 Å². The zero-order chi connectivity index (χ0) is 12.1. The topological polar surface area (TPSA) is 20.2 Å². The fourth-order valence-electron chi connectivity index (χ4n) is 2.10. The first-order valence-corrected chi connectivity index (χ1v) is 6.47. The van der Waals surface area contributed by atoms with Crippen LogP contribution in [0, 0.1) is 10.8 Å². The standard InChI is InChI=1S/C14H30O/c1-7-9-10-11-13(3,4)14(5,6)12(15)8-2/h12,15H,7-11H2,1-6H3. The van der Waals surface area contributed by atoms with Crippen LogP contribution in [0.5, 0.6) is 0 Å². The molecule has 0 aromatic carbocycles. The first kappa shape index (κ1) is 15.0. The van der Waals surface area contributed by atoms with Crippen molar-refractivity contribution in [1.82, 2.24) is 0 Å². The van der Waals surface area contributed by atoms with E-state index in [9.17, 15) is 5.11 Å². The molecule has 92 valence electrons. The second kappa shape index (κ2) is 5.89. The zero-order valence-electron chi connectivity index (χ0n) is 11.6. The molecule has 15 heavy (non-hydrogen) atoms. The minimum absolute atomic E-state index is 0.00942. The summed E-state index contributed by atoms with van der Waals surface area (Å²) in [6, 6.07) is 0. The van der Waals surface area contributed by atoms with Crippen LogP contribution in [0.25, 0.3) is 0 Å². The third-order valence-corrected chi connectivity index (χ3v) is 4.37. The number of hydrogen-bond acceptors (Lipinski definition) is 1. The summed E-state index contributed by atoms with van der Waals surface area (Å²) in [4.78, 5) is 0. The minimum Gasteiger partial charge on any atom is -0.393 e. The van der Waals surface area contributed by atoms with Gasteiger partial charge in [0.15, 0.2) is 0 Å². The number of rotatable bonds is 7. The summed E-state index contributed by atoms with van der Waals surface area (Å²) in [7, 11) is 0. The molecular formula is C14H30O. The summed E-state index contributed by atoms with van der Waals surface area (Å²) in [6.07, 6.45) is 5.74. The van der Waals surface area contributed by atoms with E-state index < -0.39 is 0 Å². The van der Waals surface area contributed by atoms with E-state index in [1.54, 1.807) is 0 Å². The largest absolute Gasteiger partial charge is 0.393 e. The first-order valence-electron chi connectivity index (χ1n) is 6.47. The third kappa shape index (κ3) is 3.79. The van der Waals surface area contributed by atoms with Crippen molar-refractivity contribution in [2.24, 2.45) is 10.8 Å². The van der Waals surface area contributed by atoms with Gasteiger partial charge in [0.25, 0.3) is 0 Å². The highest BCUT2D eigenvalue weighted by atomic mass is 16.3. The van der Waals surface area contributed by atoms with E-state index in [2.05, 4.69) is 41.5 Å². The summed E-state index contributed by atoms with van der Waals surface area (Å²) >= 11 is 0. The van der Waals surface area contributed by atoms with Crippen molar-refractivity contribution >= 4 is 0 Å². The van der Waals surface area contributed by atoms with Crippen LogP contribution < -0.4 is 0 Å². The molecule has 0 spiro atoms. The van der Waals surface area contributed by atoms with Crippen molar-refractivity contribution in [3.63, 3.8) is 0 Å². The molecule has 0 aliphatic rings. The lowest BCUT2D eigenvalue weighted by Gasteiger charge is -2.45. The molecule has 1 N–H and O–H groups in total. The molecule has 0 amide bonds. The molecule has 0 aromatic heterocycles. The lowest BCUT2D eigenvalue weighted by Crippen LogP contribution is -2.42. The Morgan fingerprint density at radius 3 is 1.93 bits per heavy atom. The maximum Gasteiger partial charge on any atom is 0.0593 e. The van der Waals surface area contributed by atoms with E-state index in [1.165, 1.54) is 25.7 Å². The molecular weight excluding hydrogens is 184 g/mol. The van der Waals surface area contributed by atoms with Gasteiger partial charge in [0, 0.05) is 0 Å². The molecule has 0 aromatic rings. The Balaban J connectivity index is 4.40. The molecule has 0 fully saturated rings. The van der Waals surface area contributed by atoms with Gasteiger partial charge in [-0.25, -0.2) is 0 Å². The van der Waals surface area contributed by atoms with Gasteiger partial charge in [0.2, 0.25) is 0 Å². The Morgan fingerprint density at radius 2 is 1.53 bits per heavy atom. The van der Waals surface area contributed by atoms with E-state index >= 15 is 0 Å². The average molecular weight is 214 g/mol. The molecule has 0 saturated heterocycles. The van der Waals surface area contributed by atoms with Crippen LogP contribution in [0.4, 0.5) is 0 Å². The Hall–Kier alpha value is -0.0400. The predicted molar refractivity (Wildman–Crippen MR) is 68.0 cm³/mol. The van der Waals surface area contributed by atoms with Crippen molar-refractivity contribution in [2.45, 2.75) is 79.8 Å². The quantitative estimate of drug-likeness (QED) is 0.623. The van der Waals surface area contributed by atoms with Gasteiger partial charge in [0.1, 0.15) is 0 Å². The molecule has 0 heterocycles. The molecule has 0 rings (SSSR count). The van der Waals surface area contributed by atoms with E-state index in [1.807, 2.05) is 0 Å². The van der Waals surface area contributed by atoms with Crippen LogP contribution in [-0.4, -0.2) is 11.2 Å². The molecule has 0 radical (unpaired) electrons. The molecule has 0 saturated carbocycles. The molecule has 0 aliphatic heterocycles. The van der Waals surface area contributed by atoms with E-state index in [0.717, 1.165) is 6.42 Å². The predicted octanol–water partition coefficient (Wildman–Crippen LogP) is 4.39. The van der Waals surface area contributed by atoms with Crippen molar-refractivity contribution in [2.75, 3.05) is 0 Å². The highest BCUT2D eigenvalue weighted by Crippen LogP contribution is 2.45. The van der Waals surface area contributed by atoms with Crippen LogP contribution in [0.15, 0.2) is 0 Å². The van der Waals surface area contributed by atoms with Gasteiger partial charge in [-0.1, -0.05) is 60.8 Å². The fourth-order valence-corrected chi connectivity index (χ4v) is 2.10. The van der Waals surface area contributed by atoms with Crippen molar-refractivity contribution in [3.05, 3.63) is 0 Å². The van der Waals surface area contributed by atoms with Crippen LogP contribution in [0.1, 0.15) is 73.6 Å². The maximum atomic E-state index is 10.1. The van der Waals surface area contributed by atoms with Gasteiger partial charge in [-0.3, -0.25) is 0 Å². The fraction of sp³-hybridized carbons (Fsp3) is 1.00. The molecule has 0 aliphatic carbocycles. The van der Waals surface area contributed by atoms with Gasteiger partial charge < -0.3 is 5.11 Å². The second-order valence-electron chi connectivity index (χ2n) is 5.99. The summed E-state index contributed by atoms with van der Waals surface area (Å²) in [6.45, 7) is 13.3. The first-order chi connectivity index (χ1) is 6.79. The molecule has 1 heteroatoms. The smallest absolute Gasteiger partial charge is 0.0593 e. The highest BCUT2D eigenvalue weighted by molar-refractivity contribution is 4.90. The molecule has 0 bridgehead atoms. The van der Waals surface area contributed by atoms with Gasteiger partial charge in [-0.2, -0.15) is 0 Å². The monoisotopic (exact) mass is 214 g/mol. The highest BCUT2D eigenvalue weighted by Gasteiger charge is 2.40. The Bertz CT molecular complexity index is 170. The normalized spacial score (nSPS) is 15.4. The lowest BCUT2D eigenvalue weighted by atomic mass is 9.62. The zero-order valence-corrected chi connectivity index (χ0v) is 11.6. The van der Waals surface area contributed by atoms with Crippen LogP contribution >= 0.6 is 0 Å². The van der Waals surface area contributed by atoms with Crippen LogP contribution in [0.2, 0.25) is 0 Å². The van der Waals surface area contributed by atoms with E-state index in [-0.39, 0.29) is 16.9 Å². The van der Waals surface area contributed by atoms with Crippen LogP contribution in [0.3, 0.4) is 0 Å². The van der Waals surface area contributed by atoms with Gasteiger partial charge in [0.05, 0.1) is 6.10 Å². The number of aliphatic hydroxyl groups excluding tert-OH is 1. The minimum atomic E-state index is -0.186. The SMILES string of the molecule is CCCCCC(C)(C)C(C)(C)C(O)CC. The third-order valence-electron chi connectivity index (χ3n) is 4.37. The number of unbranched alkanes of at least 4 members (excludes halogenated alkanes) is 2. The van der Waals surface area contributed by atoms with Gasteiger partial charge in [-0.05, 0) is 23.7 Å². The Morgan fingerprint density at radius 1 is 1.00 bits per heavy atom. The summed E-state index contributed by atoms with van der Waals surface area (Å²) in [5, 5.41) is 10.1. The number of hydrogen-bond donors (Lipinski definition) is 1. The maximum absolute atomic E-state index is 10.1. The average Bonchev–Trinajstić information content (AvgIpc) is 2.16. The molecule has 1 atom stereocenters. The van der Waals surface area contributed by atoms with E-state index in [4.69, 9.17) is 0 Å². The van der Waals surface area contributed by atoms with Crippen LogP contribution in [-0.2, 0) is 0 Å². The summed E-state index contributed by atoms with van der Waals surface area (Å²) in [5.74, 6) is 0. The summed E-state index contributed by atoms with van der Waals surface area (Å²) in [5.41, 5.74) is 0.229. The summed E-state index contributed by atoms with van der Waals surface area (Å²) < 4.78 is 0. The van der Waals surface area contributed by atoms with Crippen molar-refractivity contribution in [1.29, 1.82) is 0 Å².